The molecule has 0 radical (unpaired) electrons. The van der Waals surface area contributed by atoms with Gasteiger partial charge in [0, 0.05) is 18.2 Å². The van der Waals surface area contributed by atoms with E-state index in [-0.39, 0.29) is 18.5 Å². The highest BCUT2D eigenvalue weighted by molar-refractivity contribution is 5.95. The Balaban J connectivity index is 2.12. The fraction of sp³-hybridized carbons (Fsp3) is 0.600. The zero-order valence-corrected chi connectivity index (χ0v) is 16.0. The van der Waals surface area contributed by atoms with Gasteiger partial charge in [0.15, 0.2) is 11.5 Å². The quantitative estimate of drug-likeness (QED) is 0.689. The largest absolute Gasteiger partial charge is 0.493 e. The average molecular weight is 363 g/mol. The summed E-state index contributed by atoms with van der Waals surface area (Å²) >= 11 is 0. The second-order valence-corrected chi connectivity index (χ2v) is 7.32. The molecule has 0 saturated heterocycles. The van der Waals surface area contributed by atoms with Gasteiger partial charge in [0.2, 0.25) is 0 Å². The molecule has 1 N–H and O–H groups in total. The van der Waals surface area contributed by atoms with Crippen molar-refractivity contribution in [2.75, 3.05) is 20.3 Å². The van der Waals surface area contributed by atoms with Gasteiger partial charge in [-0.05, 0) is 43.4 Å². The number of carbonyl (C=O) groups is 2. The van der Waals surface area contributed by atoms with Gasteiger partial charge in [-0.15, -0.1) is 0 Å². The van der Waals surface area contributed by atoms with E-state index in [2.05, 4.69) is 13.8 Å². The van der Waals surface area contributed by atoms with Crippen molar-refractivity contribution in [2.45, 2.75) is 46.1 Å². The van der Waals surface area contributed by atoms with E-state index in [0.717, 1.165) is 19.3 Å². The van der Waals surface area contributed by atoms with Gasteiger partial charge in [-0.25, -0.2) is 0 Å². The fourth-order valence-electron chi connectivity index (χ4n) is 2.65. The summed E-state index contributed by atoms with van der Waals surface area (Å²) in [5, 5.41) is 9.15. The molecule has 0 bridgehead atoms. The van der Waals surface area contributed by atoms with Crippen molar-refractivity contribution in [3.63, 3.8) is 0 Å². The molecular formula is C20H29NO5. The molecule has 1 aromatic rings. The fourth-order valence-corrected chi connectivity index (χ4v) is 2.65. The average Bonchev–Trinajstić information content (AvgIpc) is 3.43. The number of aliphatic carboxylic acids is 1. The minimum atomic E-state index is -0.894. The molecule has 1 unspecified atom stereocenters. The van der Waals surface area contributed by atoms with Crippen LogP contribution in [-0.2, 0) is 4.79 Å². The third-order valence-corrected chi connectivity index (χ3v) is 4.50. The predicted octanol–water partition coefficient (Wildman–Crippen LogP) is 3.45. The lowest BCUT2D eigenvalue weighted by molar-refractivity contribution is -0.141. The summed E-state index contributed by atoms with van der Waals surface area (Å²) in [5.41, 5.74) is 0.488. The van der Waals surface area contributed by atoms with E-state index in [0.29, 0.717) is 29.6 Å². The molecule has 0 aromatic heterocycles. The standard InChI is InChI=1S/C20H29NO5/c1-13(2)9-10-26-17-8-5-15(11-18(17)25-4)19(22)21(16-6-7-16)12-14(3)20(23)24/h5,8,11,13-14,16H,6-7,9-10,12H2,1-4H3,(H,23,24). The van der Waals surface area contributed by atoms with E-state index in [1.165, 1.54) is 0 Å². The molecule has 2 rings (SSSR count). The highest BCUT2D eigenvalue weighted by Crippen LogP contribution is 2.32. The Morgan fingerprint density at radius 3 is 2.46 bits per heavy atom. The van der Waals surface area contributed by atoms with Crippen molar-refractivity contribution in [2.24, 2.45) is 11.8 Å². The molecule has 1 fully saturated rings. The number of carboxylic acids is 1. The Morgan fingerprint density at radius 1 is 1.23 bits per heavy atom. The van der Waals surface area contributed by atoms with Crippen molar-refractivity contribution in [1.82, 2.24) is 4.90 Å². The zero-order valence-electron chi connectivity index (χ0n) is 16.0. The lowest BCUT2D eigenvalue weighted by Crippen LogP contribution is -2.38. The van der Waals surface area contributed by atoms with Gasteiger partial charge < -0.3 is 19.5 Å². The lowest BCUT2D eigenvalue weighted by atomic mass is 10.1. The van der Waals surface area contributed by atoms with Gasteiger partial charge in [-0.3, -0.25) is 9.59 Å². The van der Waals surface area contributed by atoms with Crippen LogP contribution < -0.4 is 9.47 Å². The predicted molar refractivity (Wildman–Crippen MR) is 98.8 cm³/mol. The van der Waals surface area contributed by atoms with Crippen LogP contribution in [0.3, 0.4) is 0 Å². The Hall–Kier alpha value is -2.24. The summed E-state index contributed by atoms with van der Waals surface area (Å²) in [4.78, 5) is 25.7. The van der Waals surface area contributed by atoms with Crippen LogP contribution >= 0.6 is 0 Å². The first-order chi connectivity index (χ1) is 12.3. The first-order valence-corrected chi connectivity index (χ1v) is 9.18. The maximum absolute atomic E-state index is 12.9. The summed E-state index contributed by atoms with van der Waals surface area (Å²) in [6, 6.07) is 5.28. The molecular weight excluding hydrogens is 334 g/mol. The Labute approximate surface area is 155 Å². The summed E-state index contributed by atoms with van der Waals surface area (Å²) in [5.74, 6) is 0.0241. The van der Waals surface area contributed by atoms with Gasteiger partial charge in [0.05, 0.1) is 19.6 Å². The number of carboxylic acid groups (broad SMARTS) is 1. The molecule has 6 nitrogen and oxygen atoms in total. The molecule has 0 aliphatic heterocycles. The molecule has 6 heteroatoms. The third kappa shape index (κ3) is 5.38. The molecule has 1 aromatic carbocycles. The van der Waals surface area contributed by atoms with Crippen LogP contribution in [0.1, 0.15) is 50.4 Å². The molecule has 1 aliphatic rings. The number of methoxy groups -OCH3 is 1. The normalized spacial score (nSPS) is 14.8. The van der Waals surface area contributed by atoms with Crippen molar-refractivity contribution in [3.05, 3.63) is 23.8 Å². The summed E-state index contributed by atoms with van der Waals surface area (Å²) in [7, 11) is 1.55. The van der Waals surface area contributed by atoms with Crippen molar-refractivity contribution in [1.29, 1.82) is 0 Å². The topological polar surface area (TPSA) is 76.1 Å². The molecule has 1 amide bonds. The minimum Gasteiger partial charge on any atom is -0.493 e. The molecule has 0 spiro atoms. The van der Waals surface area contributed by atoms with E-state index in [1.807, 2.05) is 0 Å². The number of hydrogen-bond donors (Lipinski definition) is 1. The van der Waals surface area contributed by atoms with Gasteiger partial charge in [-0.2, -0.15) is 0 Å². The van der Waals surface area contributed by atoms with E-state index < -0.39 is 11.9 Å². The number of carbonyl (C=O) groups excluding carboxylic acids is 1. The number of hydrogen-bond acceptors (Lipinski definition) is 4. The maximum atomic E-state index is 12.9. The van der Waals surface area contributed by atoms with Crippen molar-refractivity contribution < 1.29 is 24.2 Å². The first-order valence-electron chi connectivity index (χ1n) is 9.18. The number of ether oxygens (including phenoxy) is 2. The van der Waals surface area contributed by atoms with Gasteiger partial charge in [0.25, 0.3) is 5.91 Å². The second kappa shape index (κ2) is 8.92. The van der Waals surface area contributed by atoms with Crippen LogP contribution in [0.5, 0.6) is 11.5 Å². The minimum absolute atomic E-state index is 0.136. The Morgan fingerprint density at radius 2 is 1.92 bits per heavy atom. The molecule has 26 heavy (non-hydrogen) atoms. The third-order valence-electron chi connectivity index (χ3n) is 4.50. The van der Waals surface area contributed by atoms with Gasteiger partial charge in [0.1, 0.15) is 0 Å². The summed E-state index contributed by atoms with van der Waals surface area (Å²) in [6.07, 6.45) is 2.78. The second-order valence-electron chi connectivity index (χ2n) is 7.32. The number of amides is 1. The first kappa shape index (κ1) is 20.1. The Kier molecular flexibility index (Phi) is 6.89. The van der Waals surface area contributed by atoms with Crippen LogP contribution in [-0.4, -0.2) is 48.2 Å². The molecule has 1 saturated carbocycles. The van der Waals surface area contributed by atoms with Gasteiger partial charge >= 0.3 is 5.97 Å². The lowest BCUT2D eigenvalue weighted by Gasteiger charge is -2.25. The smallest absolute Gasteiger partial charge is 0.308 e. The number of benzene rings is 1. The molecule has 1 aliphatic carbocycles. The van der Waals surface area contributed by atoms with E-state index >= 15 is 0 Å². The molecule has 1 atom stereocenters. The summed E-state index contributed by atoms with van der Waals surface area (Å²) < 4.78 is 11.1. The van der Waals surface area contributed by atoms with E-state index in [4.69, 9.17) is 14.6 Å². The van der Waals surface area contributed by atoms with Crippen LogP contribution in [0.2, 0.25) is 0 Å². The van der Waals surface area contributed by atoms with Crippen LogP contribution in [0.4, 0.5) is 0 Å². The maximum Gasteiger partial charge on any atom is 0.308 e. The molecule has 144 valence electrons. The summed E-state index contributed by atoms with van der Waals surface area (Å²) in [6.45, 7) is 6.69. The highest BCUT2D eigenvalue weighted by Gasteiger charge is 2.35. The monoisotopic (exact) mass is 363 g/mol. The SMILES string of the molecule is COc1cc(C(=O)N(CC(C)C(=O)O)C2CC2)ccc1OCCC(C)C. The Bertz CT molecular complexity index is 639. The van der Waals surface area contributed by atoms with Crippen molar-refractivity contribution in [3.8, 4) is 11.5 Å². The van der Waals surface area contributed by atoms with Crippen LogP contribution in [0, 0.1) is 11.8 Å². The zero-order chi connectivity index (χ0) is 19.3. The number of nitrogens with zero attached hydrogens (tertiary/aromatic N) is 1. The molecule has 0 heterocycles. The van der Waals surface area contributed by atoms with Gasteiger partial charge in [-0.1, -0.05) is 20.8 Å². The van der Waals surface area contributed by atoms with Crippen LogP contribution in [0.15, 0.2) is 18.2 Å². The van der Waals surface area contributed by atoms with E-state index in [1.54, 1.807) is 37.1 Å². The van der Waals surface area contributed by atoms with Crippen LogP contribution in [0.25, 0.3) is 0 Å². The van der Waals surface area contributed by atoms with Crippen molar-refractivity contribution >= 4 is 11.9 Å². The highest BCUT2D eigenvalue weighted by atomic mass is 16.5. The van der Waals surface area contributed by atoms with E-state index in [9.17, 15) is 9.59 Å². The number of rotatable bonds is 10.